The van der Waals surface area contributed by atoms with Gasteiger partial charge in [0.15, 0.2) is 0 Å². The molecule has 0 radical (unpaired) electrons. The zero-order chi connectivity index (χ0) is 30.9. The molecule has 0 aromatic rings. The van der Waals surface area contributed by atoms with Crippen LogP contribution in [-0.4, -0.2) is 75.7 Å². The number of isocyanates is 6. The lowest BCUT2D eigenvalue weighted by Crippen LogP contribution is -2.31. The number of rotatable bonds is 17. The average molecular weight is 593 g/mol. The Morgan fingerprint density at radius 3 is 1.33 bits per heavy atom. The Morgan fingerprint density at radius 1 is 0.419 bits per heavy atom. The molecule has 230 valence electrons. The Morgan fingerprint density at radius 2 is 0.837 bits per heavy atom. The van der Waals surface area contributed by atoms with Crippen molar-refractivity contribution in [2.24, 2.45) is 89.1 Å². The number of carbonyl (C=O) groups excluding carboxylic acids is 6. The Bertz CT molecular complexity index is 1210. The topological polar surface area (TPSA) is 177 Å². The van der Waals surface area contributed by atoms with Crippen molar-refractivity contribution < 1.29 is 28.8 Å². The minimum atomic E-state index is 0.410. The largest absolute Gasteiger partial charge is 0.234 e. The highest BCUT2D eigenvalue weighted by molar-refractivity contribution is 5.34. The Balaban J connectivity index is 0.000000236. The minimum Gasteiger partial charge on any atom is -0.211 e. The zero-order valence-corrected chi connectivity index (χ0v) is 24.5. The van der Waals surface area contributed by atoms with Crippen LogP contribution in [-0.2, 0) is 28.8 Å². The van der Waals surface area contributed by atoms with Crippen LogP contribution in [0.25, 0.3) is 0 Å². The highest BCUT2D eigenvalue weighted by Crippen LogP contribution is 2.58. The summed E-state index contributed by atoms with van der Waals surface area (Å²) in [4.78, 5) is 83.7. The quantitative estimate of drug-likeness (QED) is 0.141. The summed E-state index contributed by atoms with van der Waals surface area (Å²) in [5, 5.41) is 0. The summed E-state index contributed by atoms with van der Waals surface area (Å²) in [6, 6.07) is 0. The summed E-state index contributed by atoms with van der Waals surface area (Å²) in [6.45, 7) is 3.22. The van der Waals surface area contributed by atoms with Crippen LogP contribution < -0.4 is 0 Å². The molecule has 4 fully saturated rings. The van der Waals surface area contributed by atoms with Crippen molar-refractivity contribution in [1.29, 1.82) is 0 Å². The van der Waals surface area contributed by atoms with Crippen LogP contribution in [0.3, 0.4) is 0 Å². The summed E-state index contributed by atoms with van der Waals surface area (Å²) >= 11 is 0. The molecule has 0 aromatic carbocycles. The predicted molar refractivity (Wildman–Crippen MR) is 154 cm³/mol. The van der Waals surface area contributed by atoms with Crippen molar-refractivity contribution in [3.63, 3.8) is 0 Å². The lowest BCUT2D eigenvalue weighted by Gasteiger charge is -2.35. The summed E-state index contributed by atoms with van der Waals surface area (Å²) < 4.78 is 0. The summed E-state index contributed by atoms with van der Waals surface area (Å²) in [7, 11) is 0. The molecule has 0 spiro atoms. The zero-order valence-electron chi connectivity index (χ0n) is 24.5. The van der Waals surface area contributed by atoms with Crippen LogP contribution in [0.15, 0.2) is 30.0 Å². The van der Waals surface area contributed by atoms with Gasteiger partial charge >= 0.3 is 0 Å². The van der Waals surface area contributed by atoms with Crippen molar-refractivity contribution in [2.45, 2.75) is 57.8 Å². The van der Waals surface area contributed by atoms with Gasteiger partial charge in [0.1, 0.15) is 0 Å². The average Bonchev–Trinajstić information content (AvgIpc) is 3.79. The molecule has 0 aromatic heterocycles. The van der Waals surface area contributed by atoms with Crippen LogP contribution in [0.1, 0.15) is 57.8 Å². The SMILES string of the molecule is O=C=NCCCC1C(CN=C=O)C2CC(CCN=C=O)C1C2.O=C=NCCCC1C(CN=C=O)C2CC(CN=C=O)C1C2. The molecule has 4 bridgehead atoms. The minimum absolute atomic E-state index is 0.410. The van der Waals surface area contributed by atoms with Gasteiger partial charge < -0.3 is 0 Å². The van der Waals surface area contributed by atoms with Gasteiger partial charge in [-0.25, -0.2) is 58.7 Å². The molecule has 4 saturated carbocycles. The number of hydrogen-bond donors (Lipinski definition) is 0. The standard InChI is InChI=1S/C16H21N3O3.C15H19N3O3/c20-9-17-4-1-2-14-15-7-13(16(14)8-19-11-22)6-12(15)3-5-18-10-21;19-8-16-3-1-2-13-14-5-11(15(13)7-18-10-21)4-12(14)6-17-9-20/h12-16H,1-8H2;11-15H,1-7H2. The molecule has 0 heterocycles. The Hall–Kier alpha value is -3.72. The van der Waals surface area contributed by atoms with Crippen molar-refractivity contribution in [2.75, 3.05) is 39.3 Å². The lowest BCUT2D eigenvalue weighted by molar-refractivity contribution is 0.150. The van der Waals surface area contributed by atoms with Crippen LogP contribution in [0.2, 0.25) is 0 Å². The van der Waals surface area contributed by atoms with E-state index < -0.39 is 0 Å². The fourth-order valence-electron chi connectivity index (χ4n) is 9.07. The fourth-order valence-corrected chi connectivity index (χ4v) is 9.07. The van der Waals surface area contributed by atoms with E-state index in [1.165, 1.54) is 6.42 Å². The Labute approximate surface area is 251 Å². The van der Waals surface area contributed by atoms with E-state index in [1.807, 2.05) is 0 Å². The van der Waals surface area contributed by atoms with Gasteiger partial charge in [0.2, 0.25) is 36.5 Å². The highest BCUT2D eigenvalue weighted by Gasteiger charge is 2.52. The maximum absolute atomic E-state index is 10.4. The molecule has 4 aliphatic carbocycles. The van der Waals surface area contributed by atoms with Crippen LogP contribution in [0, 0.1) is 59.2 Å². The van der Waals surface area contributed by atoms with Gasteiger partial charge in [0.05, 0.1) is 39.3 Å². The van der Waals surface area contributed by atoms with Crippen LogP contribution in [0.5, 0.6) is 0 Å². The number of aliphatic imine (C=N–C) groups is 6. The number of hydrogen-bond acceptors (Lipinski definition) is 12. The van der Waals surface area contributed by atoms with Gasteiger partial charge in [-0.1, -0.05) is 0 Å². The molecule has 0 aliphatic heterocycles. The van der Waals surface area contributed by atoms with Crippen molar-refractivity contribution in [3.8, 4) is 0 Å². The van der Waals surface area contributed by atoms with Gasteiger partial charge in [-0.2, -0.15) is 0 Å². The van der Waals surface area contributed by atoms with Crippen molar-refractivity contribution >= 4 is 36.5 Å². The van der Waals surface area contributed by atoms with Crippen LogP contribution in [0.4, 0.5) is 0 Å². The lowest BCUT2D eigenvalue weighted by atomic mass is 9.71. The number of nitrogens with zero attached hydrogens (tertiary/aromatic N) is 6. The van der Waals surface area contributed by atoms with E-state index in [0.717, 1.165) is 51.4 Å². The molecule has 0 amide bonds. The predicted octanol–water partition coefficient (Wildman–Crippen LogP) is 3.71. The maximum atomic E-state index is 10.4. The molecule has 12 heteroatoms. The second-order valence-corrected chi connectivity index (χ2v) is 12.3. The molecule has 0 N–H and O–H groups in total. The van der Waals surface area contributed by atoms with Gasteiger partial charge in [-0.15, -0.1) is 0 Å². The van der Waals surface area contributed by atoms with E-state index in [2.05, 4.69) is 30.0 Å². The highest BCUT2D eigenvalue weighted by atomic mass is 16.1. The smallest absolute Gasteiger partial charge is 0.211 e. The van der Waals surface area contributed by atoms with Crippen LogP contribution >= 0.6 is 0 Å². The molecule has 10 atom stereocenters. The molecular weight excluding hydrogens is 552 g/mol. The third-order valence-corrected chi connectivity index (χ3v) is 10.5. The fraction of sp³-hybridized carbons (Fsp3) is 0.806. The Kier molecular flexibility index (Phi) is 14.7. The molecule has 4 rings (SSSR count). The first-order chi connectivity index (χ1) is 21.1. The molecule has 10 unspecified atom stereocenters. The molecule has 4 aliphatic rings. The van der Waals surface area contributed by atoms with Crippen molar-refractivity contribution in [3.05, 3.63) is 0 Å². The third kappa shape index (κ3) is 9.38. The third-order valence-electron chi connectivity index (χ3n) is 10.5. The molecule has 12 nitrogen and oxygen atoms in total. The van der Waals surface area contributed by atoms with Gasteiger partial charge in [-0.3, -0.25) is 0 Å². The first-order valence-electron chi connectivity index (χ1n) is 15.3. The molecular formula is C31H40N6O6. The normalized spacial score (nSPS) is 32.4. The van der Waals surface area contributed by atoms with E-state index in [4.69, 9.17) is 0 Å². The first-order valence-corrected chi connectivity index (χ1v) is 15.3. The summed E-state index contributed by atoms with van der Waals surface area (Å²) in [5.41, 5.74) is 0. The maximum Gasteiger partial charge on any atom is 0.234 e. The van der Waals surface area contributed by atoms with E-state index >= 15 is 0 Å². The van der Waals surface area contributed by atoms with Crippen molar-refractivity contribution in [1.82, 2.24) is 0 Å². The summed E-state index contributed by atoms with van der Waals surface area (Å²) in [5.74, 6) is 5.16. The first kappa shape index (κ1) is 33.8. The monoisotopic (exact) mass is 592 g/mol. The van der Waals surface area contributed by atoms with E-state index in [0.29, 0.717) is 98.4 Å². The van der Waals surface area contributed by atoms with Gasteiger partial charge in [0.25, 0.3) is 0 Å². The van der Waals surface area contributed by atoms with E-state index in [1.54, 1.807) is 36.5 Å². The second kappa shape index (κ2) is 18.7. The molecule has 43 heavy (non-hydrogen) atoms. The van der Waals surface area contributed by atoms with E-state index in [-0.39, 0.29) is 0 Å². The summed E-state index contributed by atoms with van der Waals surface area (Å²) in [6.07, 6.45) is 18.7. The molecule has 0 saturated heterocycles. The van der Waals surface area contributed by atoms with Gasteiger partial charge in [-0.05, 0) is 117 Å². The second-order valence-electron chi connectivity index (χ2n) is 12.3. The van der Waals surface area contributed by atoms with E-state index in [9.17, 15) is 28.8 Å². The van der Waals surface area contributed by atoms with Gasteiger partial charge in [0, 0.05) is 0 Å². The number of fused-ring (bicyclic) bond motifs is 4.